The van der Waals surface area contributed by atoms with Crippen molar-refractivity contribution >= 4 is 30.1 Å². The van der Waals surface area contributed by atoms with E-state index in [1.54, 1.807) is 16.7 Å². The van der Waals surface area contributed by atoms with Crippen LogP contribution in [0.15, 0.2) is 30.3 Å². The Hall–Kier alpha value is -1.22. The number of hydrogen-bond acceptors (Lipinski definition) is 4. The second-order valence-corrected chi connectivity index (χ2v) is 5.90. The molecule has 1 amide bonds. The van der Waals surface area contributed by atoms with E-state index < -0.39 is 5.54 Å². The summed E-state index contributed by atoms with van der Waals surface area (Å²) in [6.07, 6.45) is 0.582. The molecule has 0 spiro atoms. The number of thioether (sulfide) groups is 1. The summed E-state index contributed by atoms with van der Waals surface area (Å²) in [4.78, 5) is 14.2. The molecule has 3 unspecified atom stereocenters. The number of nitriles is 1. The molecule has 0 radical (unpaired) electrons. The molecule has 2 aliphatic rings. The van der Waals surface area contributed by atoms with Gasteiger partial charge in [-0.05, 0) is 5.56 Å². The Kier molecular flexibility index (Phi) is 3.77. The van der Waals surface area contributed by atoms with Crippen LogP contribution in [0.1, 0.15) is 12.0 Å². The van der Waals surface area contributed by atoms with Gasteiger partial charge in [-0.3, -0.25) is 4.79 Å². The summed E-state index contributed by atoms with van der Waals surface area (Å²) in [5, 5.41) is 9.12. The van der Waals surface area contributed by atoms with Gasteiger partial charge in [-0.1, -0.05) is 30.3 Å². The molecule has 3 atom stereocenters. The van der Waals surface area contributed by atoms with Gasteiger partial charge in [0.15, 0.2) is 0 Å². The number of nitrogens with two attached hydrogens (primary N) is 1. The third-order valence-corrected chi connectivity index (χ3v) is 4.93. The number of rotatable bonds is 1. The van der Waals surface area contributed by atoms with E-state index in [9.17, 15) is 4.79 Å². The summed E-state index contributed by atoms with van der Waals surface area (Å²) in [7, 11) is 0. The van der Waals surface area contributed by atoms with Crippen molar-refractivity contribution in [2.75, 3.05) is 5.75 Å². The van der Waals surface area contributed by atoms with Crippen LogP contribution in [0.25, 0.3) is 0 Å². The standard InChI is InChI=1S/C13H13N3OS.ClH/c14-7-10-8-18-11-6-13(15,12(17)16(10)11)9-4-2-1-3-5-9;/h1-5,10-11H,6,8,15H2;1H. The molecular formula is C13H14ClN3OS. The third-order valence-electron chi connectivity index (χ3n) is 3.64. The minimum Gasteiger partial charge on any atom is -0.314 e. The van der Waals surface area contributed by atoms with Gasteiger partial charge in [0, 0.05) is 12.2 Å². The highest BCUT2D eigenvalue weighted by Crippen LogP contribution is 2.44. The molecule has 0 saturated carbocycles. The molecule has 0 aromatic heterocycles. The summed E-state index contributed by atoms with van der Waals surface area (Å²) in [6, 6.07) is 11.3. The van der Waals surface area contributed by atoms with Gasteiger partial charge >= 0.3 is 0 Å². The fourth-order valence-electron chi connectivity index (χ4n) is 2.66. The molecule has 1 aromatic rings. The van der Waals surface area contributed by atoms with E-state index in [0.29, 0.717) is 12.2 Å². The first kappa shape index (κ1) is 14.2. The minimum absolute atomic E-state index is 0. The number of fused-ring (bicyclic) bond motifs is 1. The SMILES string of the molecule is Cl.N#CC1CSC2CC(N)(c3ccccc3)C(=O)N12. The average molecular weight is 296 g/mol. The Bertz CT molecular complexity index is 532. The van der Waals surface area contributed by atoms with E-state index in [0.717, 1.165) is 5.56 Å². The molecule has 1 aromatic carbocycles. The van der Waals surface area contributed by atoms with Gasteiger partial charge in [-0.25, -0.2) is 0 Å². The fourth-order valence-corrected chi connectivity index (χ4v) is 4.09. The Labute approximate surface area is 122 Å². The molecule has 2 N–H and O–H groups in total. The highest BCUT2D eigenvalue weighted by atomic mass is 35.5. The molecule has 6 heteroatoms. The van der Waals surface area contributed by atoms with E-state index >= 15 is 0 Å². The zero-order valence-electron chi connectivity index (χ0n) is 10.2. The van der Waals surface area contributed by atoms with Crippen LogP contribution in [0, 0.1) is 11.3 Å². The predicted octanol–water partition coefficient (Wildman–Crippen LogP) is 1.46. The fraction of sp³-hybridized carbons (Fsp3) is 0.385. The van der Waals surface area contributed by atoms with Crippen LogP contribution in [0.2, 0.25) is 0 Å². The number of benzene rings is 1. The van der Waals surface area contributed by atoms with Crippen molar-refractivity contribution in [1.82, 2.24) is 4.90 Å². The number of halogens is 1. The zero-order valence-corrected chi connectivity index (χ0v) is 11.8. The monoisotopic (exact) mass is 295 g/mol. The van der Waals surface area contributed by atoms with Crippen molar-refractivity contribution in [1.29, 1.82) is 5.26 Å². The maximum atomic E-state index is 12.5. The third kappa shape index (κ3) is 2.00. The summed E-state index contributed by atoms with van der Waals surface area (Å²) >= 11 is 1.65. The van der Waals surface area contributed by atoms with Gasteiger partial charge in [0.25, 0.3) is 0 Å². The summed E-state index contributed by atoms with van der Waals surface area (Å²) in [5.41, 5.74) is 6.19. The first-order valence-corrected chi connectivity index (χ1v) is 6.90. The smallest absolute Gasteiger partial charge is 0.249 e. The van der Waals surface area contributed by atoms with Crippen LogP contribution < -0.4 is 5.73 Å². The molecule has 0 bridgehead atoms. The quantitative estimate of drug-likeness (QED) is 0.851. The molecular weight excluding hydrogens is 282 g/mol. The van der Waals surface area contributed by atoms with Crippen molar-refractivity contribution in [3.8, 4) is 6.07 Å². The Morgan fingerprint density at radius 1 is 1.42 bits per heavy atom. The Morgan fingerprint density at radius 3 is 2.74 bits per heavy atom. The van der Waals surface area contributed by atoms with E-state index in [1.807, 2.05) is 30.3 Å². The summed E-state index contributed by atoms with van der Waals surface area (Å²) in [6.45, 7) is 0. The molecule has 2 aliphatic heterocycles. The van der Waals surface area contributed by atoms with Gasteiger partial charge in [0.2, 0.25) is 5.91 Å². The van der Waals surface area contributed by atoms with Crippen LogP contribution in [0.3, 0.4) is 0 Å². The van der Waals surface area contributed by atoms with Crippen molar-refractivity contribution in [2.45, 2.75) is 23.4 Å². The summed E-state index contributed by atoms with van der Waals surface area (Å²) in [5.74, 6) is 0.577. The number of carbonyl (C=O) groups is 1. The highest BCUT2D eigenvalue weighted by Gasteiger charge is 2.55. The molecule has 100 valence electrons. The van der Waals surface area contributed by atoms with Crippen molar-refractivity contribution in [3.05, 3.63) is 35.9 Å². The van der Waals surface area contributed by atoms with Crippen LogP contribution >= 0.6 is 24.2 Å². The van der Waals surface area contributed by atoms with Crippen molar-refractivity contribution in [2.24, 2.45) is 5.73 Å². The van der Waals surface area contributed by atoms with Crippen LogP contribution in [-0.2, 0) is 10.3 Å². The zero-order chi connectivity index (χ0) is 12.8. The normalized spacial score (nSPS) is 32.6. The van der Waals surface area contributed by atoms with E-state index in [-0.39, 0.29) is 29.7 Å². The Balaban J connectivity index is 0.00000133. The lowest BCUT2D eigenvalue weighted by Gasteiger charge is -2.24. The predicted molar refractivity (Wildman–Crippen MR) is 76.7 cm³/mol. The van der Waals surface area contributed by atoms with Crippen LogP contribution in [-0.4, -0.2) is 28.0 Å². The Morgan fingerprint density at radius 2 is 2.11 bits per heavy atom. The van der Waals surface area contributed by atoms with Crippen molar-refractivity contribution in [3.63, 3.8) is 0 Å². The lowest BCUT2D eigenvalue weighted by Crippen LogP contribution is -2.47. The molecule has 2 fully saturated rings. The van der Waals surface area contributed by atoms with Gasteiger partial charge in [0.05, 0.1) is 11.4 Å². The minimum atomic E-state index is -0.964. The molecule has 19 heavy (non-hydrogen) atoms. The van der Waals surface area contributed by atoms with Gasteiger partial charge in [-0.2, -0.15) is 5.26 Å². The molecule has 0 aliphatic carbocycles. The lowest BCUT2D eigenvalue weighted by molar-refractivity contribution is -0.133. The average Bonchev–Trinajstić information content (AvgIpc) is 2.91. The van der Waals surface area contributed by atoms with E-state index in [4.69, 9.17) is 11.0 Å². The van der Waals surface area contributed by atoms with Gasteiger partial charge < -0.3 is 10.6 Å². The number of hydrogen-bond donors (Lipinski definition) is 1. The molecule has 4 nitrogen and oxygen atoms in total. The number of nitrogens with zero attached hydrogens (tertiary/aromatic N) is 2. The van der Waals surface area contributed by atoms with E-state index in [2.05, 4.69) is 6.07 Å². The first-order chi connectivity index (χ1) is 8.66. The maximum Gasteiger partial charge on any atom is 0.249 e. The number of carbonyl (C=O) groups excluding carboxylic acids is 1. The largest absolute Gasteiger partial charge is 0.314 e. The molecule has 2 heterocycles. The highest BCUT2D eigenvalue weighted by molar-refractivity contribution is 8.00. The maximum absolute atomic E-state index is 12.5. The second kappa shape index (κ2) is 5.04. The van der Waals surface area contributed by atoms with Crippen LogP contribution in [0.4, 0.5) is 0 Å². The summed E-state index contributed by atoms with van der Waals surface area (Å²) < 4.78 is 0. The van der Waals surface area contributed by atoms with Gasteiger partial charge in [0.1, 0.15) is 11.6 Å². The molecule has 2 saturated heterocycles. The van der Waals surface area contributed by atoms with Gasteiger partial charge in [-0.15, -0.1) is 24.2 Å². The van der Waals surface area contributed by atoms with Crippen molar-refractivity contribution < 1.29 is 4.79 Å². The number of amides is 1. The van der Waals surface area contributed by atoms with E-state index in [1.165, 1.54) is 0 Å². The molecule has 3 rings (SSSR count). The lowest BCUT2D eigenvalue weighted by atomic mass is 9.89. The second-order valence-electron chi connectivity index (χ2n) is 4.69. The topological polar surface area (TPSA) is 70.1 Å². The van der Waals surface area contributed by atoms with Crippen LogP contribution in [0.5, 0.6) is 0 Å². The first-order valence-electron chi connectivity index (χ1n) is 5.85.